The molecule has 39 heavy (non-hydrogen) atoms. The van der Waals surface area contributed by atoms with E-state index in [1.807, 2.05) is 18.2 Å². The number of fused-ring (bicyclic) bond motifs is 3. The van der Waals surface area contributed by atoms with Gasteiger partial charge in [-0.2, -0.15) is 0 Å². The molecule has 0 aliphatic carbocycles. The van der Waals surface area contributed by atoms with E-state index in [0.717, 1.165) is 59.5 Å². The molecule has 12 heteroatoms. The Hall–Kier alpha value is -1.83. The van der Waals surface area contributed by atoms with Crippen LogP contribution in [0.25, 0.3) is 30.6 Å². The molecule has 7 rings (SSSR count). The Kier molecular flexibility index (Phi) is 6.63. The largest absolute Gasteiger partial charge is 0.307 e. The van der Waals surface area contributed by atoms with Crippen LogP contribution in [-0.2, 0) is 0 Å². The van der Waals surface area contributed by atoms with Gasteiger partial charge in [-0.15, -0.1) is 0 Å². The summed E-state index contributed by atoms with van der Waals surface area (Å²) >= 11 is 16.0. The first-order valence-electron chi connectivity index (χ1n) is 12.3. The van der Waals surface area contributed by atoms with Crippen molar-refractivity contribution in [2.45, 2.75) is 39.3 Å². The fourth-order valence-electron chi connectivity index (χ4n) is 5.29. The highest BCUT2D eigenvalue weighted by molar-refractivity contribution is 9.11. The summed E-state index contributed by atoms with van der Waals surface area (Å²) in [6, 6.07) is 18.8. The van der Waals surface area contributed by atoms with E-state index in [4.69, 9.17) is 15.0 Å². The van der Waals surface area contributed by atoms with E-state index in [1.54, 1.807) is 34.0 Å². The SMILES string of the molecule is CC1N(c2nc3ccc(Br)cc3s2)C(C)N(c2nc3ccc(Br)cc3s2)C(C)N1c1nc2ccc(Br)cc2s1. The number of benzene rings is 3. The molecule has 6 aromatic rings. The van der Waals surface area contributed by atoms with Crippen molar-refractivity contribution in [3.63, 3.8) is 0 Å². The van der Waals surface area contributed by atoms with Gasteiger partial charge in [-0.1, -0.05) is 81.8 Å². The van der Waals surface area contributed by atoms with Crippen molar-refractivity contribution in [1.29, 1.82) is 0 Å². The highest BCUT2D eigenvalue weighted by Crippen LogP contribution is 2.44. The lowest BCUT2D eigenvalue weighted by atomic mass is 10.2. The molecule has 1 fully saturated rings. The van der Waals surface area contributed by atoms with Crippen LogP contribution in [0.5, 0.6) is 0 Å². The third-order valence-corrected chi connectivity index (χ3v) is 11.7. The molecule has 0 saturated carbocycles. The minimum absolute atomic E-state index is 0.0165. The predicted molar refractivity (Wildman–Crippen MR) is 178 cm³/mol. The summed E-state index contributed by atoms with van der Waals surface area (Å²) < 4.78 is 6.65. The van der Waals surface area contributed by atoms with Gasteiger partial charge in [0.05, 0.1) is 30.6 Å². The standard InChI is InChI=1S/C27H21Br3N6S3/c1-13-34(25-31-19-7-4-16(28)10-22(19)37-25)14(2)36(27-33-21-9-6-18(30)12-24(21)39-27)15(3)35(13)26-32-20-8-5-17(29)11-23(20)38-26/h4-15H,1-3H3. The summed E-state index contributed by atoms with van der Waals surface area (Å²) in [7, 11) is 0. The summed E-state index contributed by atoms with van der Waals surface area (Å²) in [6.07, 6.45) is 0.0494. The first kappa shape index (κ1) is 26.1. The third kappa shape index (κ3) is 4.47. The monoisotopic (exact) mass is 762 g/mol. The van der Waals surface area contributed by atoms with Crippen molar-refractivity contribution >= 4 is 128 Å². The lowest BCUT2D eigenvalue weighted by Crippen LogP contribution is -2.69. The highest BCUT2D eigenvalue weighted by Gasteiger charge is 2.44. The number of nitrogens with zero attached hydrogens (tertiary/aromatic N) is 6. The Labute approximate surface area is 262 Å². The van der Waals surface area contributed by atoms with Crippen molar-refractivity contribution in [2.24, 2.45) is 0 Å². The second kappa shape index (κ2) is 9.92. The Morgan fingerprint density at radius 1 is 0.513 bits per heavy atom. The van der Waals surface area contributed by atoms with Gasteiger partial charge in [-0.3, -0.25) is 0 Å². The number of aromatic nitrogens is 3. The number of anilines is 3. The molecule has 1 aliphatic heterocycles. The molecule has 3 aromatic carbocycles. The van der Waals surface area contributed by atoms with Gasteiger partial charge in [0.2, 0.25) is 0 Å². The van der Waals surface area contributed by atoms with Crippen LogP contribution in [0.2, 0.25) is 0 Å². The molecule has 0 amide bonds. The van der Waals surface area contributed by atoms with E-state index in [0.29, 0.717) is 0 Å². The Morgan fingerprint density at radius 2 is 0.795 bits per heavy atom. The molecule has 4 heterocycles. The van der Waals surface area contributed by atoms with Crippen LogP contribution in [0.4, 0.5) is 15.4 Å². The summed E-state index contributed by atoms with van der Waals surface area (Å²) in [4.78, 5) is 22.5. The Morgan fingerprint density at radius 3 is 1.08 bits per heavy atom. The van der Waals surface area contributed by atoms with Crippen LogP contribution >= 0.6 is 81.8 Å². The van der Waals surface area contributed by atoms with Gasteiger partial charge < -0.3 is 14.7 Å². The van der Waals surface area contributed by atoms with Gasteiger partial charge in [0.1, 0.15) is 18.5 Å². The molecule has 1 aliphatic rings. The average molecular weight is 765 g/mol. The molecule has 6 nitrogen and oxygen atoms in total. The van der Waals surface area contributed by atoms with Crippen LogP contribution in [0.1, 0.15) is 20.8 Å². The minimum atomic E-state index is 0.0165. The van der Waals surface area contributed by atoms with Gasteiger partial charge in [-0.05, 0) is 75.4 Å². The van der Waals surface area contributed by atoms with Crippen LogP contribution in [0.15, 0.2) is 68.0 Å². The summed E-state index contributed by atoms with van der Waals surface area (Å²) in [6.45, 7) is 6.76. The van der Waals surface area contributed by atoms with Crippen LogP contribution in [-0.4, -0.2) is 33.4 Å². The number of hydrogen-bond acceptors (Lipinski definition) is 9. The van der Waals surface area contributed by atoms with Crippen molar-refractivity contribution in [3.8, 4) is 0 Å². The topological polar surface area (TPSA) is 48.4 Å². The van der Waals surface area contributed by atoms with Gasteiger partial charge in [0.25, 0.3) is 0 Å². The van der Waals surface area contributed by atoms with Crippen molar-refractivity contribution in [2.75, 3.05) is 14.7 Å². The van der Waals surface area contributed by atoms with Crippen molar-refractivity contribution < 1.29 is 0 Å². The lowest BCUT2D eigenvalue weighted by molar-refractivity contribution is 0.380. The maximum absolute atomic E-state index is 5.09. The van der Waals surface area contributed by atoms with E-state index in [2.05, 4.69) is 120 Å². The number of thiazole rings is 3. The first-order valence-corrected chi connectivity index (χ1v) is 17.1. The molecule has 0 bridgehead atoms. The summed E-state index contributed by atoms with van der Waals surface area (Å²) in [5, 5.41) is 2.95. The molecule has 0 unspecified atom stereocenters. The van der Waals surface area contributed by atoms with E-state index >= 15 is 0 Å². The lowest BCUT2D eigenvalue weighted by Gasteiger charge is -2.55. The second-order valence-corrected chi connectivity index (χ2v) is 15.2. The summed E-state index contributed by atoms with van der Waals surface area (Å²) in [5.41, 5.74) is 3.01. The zero-order valence-electron chi connectivity index (χ0n) is 21.0. The summed E-state index contributed by atoms with van der Waals surface area (Å²) in [5.74, 6) is 0. The zero-order chi connectivity index (χ0) is 27.0. The second-order valence-electron chi connectivity index (χ2n) is 9.44. The van der Waals surface area contributed by atoms with E-state index in [1.165, 1.54) is 0 Å². The zero-order valence-corrected chi connectivity index (χ0v) is 28.2. The maximum Gasteiger partial charge on any atom is 0.189 e. The number of hydrogen-bond donors (Lipinski definition) is 0. The fraction of sp³-hybridized carbons (Fsp3) is 0.222. The van der Waals surface area contributed by atoms with Crippen LogP contribution in [0, 0.1) is 0 Å². The number of rotatable bonds is 3. The van der Waals surface area contributed by atoms with Gasteiger partial charge in [0, 0.05) is 13.4 Å². The maximum atomic E-state index is 5.09. The molecule has 3 aromatic heterocycles. The Bertz CT molecular complexity index is 1640. The van der Waals surface area contributed by atoms with E-state index in [9.17, 15) is 0 Å². The van der Waals surface area contributed by atoms with Crippen LogP contribution in [0.3, 0.4) is 0 Å². The fourth-order valence-corrected chi connectivity index (χ4v) is 10.3. The predicted octanol–water partition coefficient (Wildman–Crippen LogP) is 9.67. The molecule has 1 saturated heterocycles. The number of halogens is 3. The quantitative estimate of drug-likeness (QED) is 0.179. The van der Waals surface area contributed by atoms with E-state index < -0.39 is 0 Å². The minimum Gasteiger partial charge on any atom is -0.307 e. The van der Waals surface area contributed by atoms with Gasteiger partial charge >= 0.3 is 0 Å². The average Bonchev–Trinajstić information content (AvgIpc) is 3.59. The molecular weight excluding hydrogens is 744 g/mol. The third-order valence-electron chi connectivity index (χ3n) is 7.10. The van der Waals surface area contributed by atoms with Crippen molar-refractivity contribution in [1.82, 2.24) is 15.0 Å². The Balaban J connectivity index is 1.39. The van der Waals surface area contributed by atoms with Crippen LogP contribution < -0.4 is 14.7 Å². The van der Waals surface area contributed by atoms with Gasteiger partial charge in [0.15, 0.2) is 15.4 Å². The first-order chi connectivity index (χ1) is 18.8. The molecule has 0 radical (unpaired) electrons. The molecule has 198 valence electrons. The molecular formula is C27H21Br3N6S3. The highest BCUT2D eigenvalue weighted by atomic mass is 79.9. The van der Waals surface area contributed by atoms with Crippen molar-refractivity contribution in [3.05, 3.63) is 68.0 Å². The molecule has 0 N–H and O–H groups in total. The van der Waals surface area contributed by atoms with Gasteiger partial charge in [-0.25, -0.2) is 15.0 Å². The normalized spacial score (nSPS) is 20.2. The molecule has 0 atom stereocenters. The van der Waals surface area contributed by atoms with E-state index in [-0.39, 0.29) is 18.5 Å². The smallest absolute Gasteiger partial charge is 0.189 e. The molecule has 0 spiro atoms.